The summed E-state index contributed by atoms with van der Waals surface area (Å²) in [6.07, 6.45) is -0.309. The van der Waals surface area contributed by atoms with Gasteiger partial charge in [0.05, 0.1) is 28.4 Å². The van der Waals surface area contributed by atoms with Gasteiger partial charge < -0.3 is 19.5 Å². The van der Waals surface area contributed by atoms with Crippen molar-refractivity contribution in [2.45, 2.75) is 13.0 Å². The first-order valence-electron chi connectivity index (χ1n) is 9.44. The van der Waals surface area contributed by atoms with Gasteiger partial charge in [-0.1, -0.05) is 18.2 Å². The molecule has 1 N–H and O–H groups in total. The van der Waals surface area contributed by atoms with Crippen molar-refractivity contribution in [3.05, 3.63) is 65.2 Å². The Balaban J connectivity index is 1.25. The number of aromatic nitrogens is 1. The first-order valence-corrected chi connectivity index (χ1v) is 10.3. The zero-order valence-corrected chi connectivity index (χ0v) is 17.1. The number of nitrogens with zero attached hydrogens (tertiary/aromatic N) is 1. The van der Waals surface area contributed by atoms with Crippen molar-refractivity contribution in [2.24, 2.45) is 0 Å². The van der Waals surface area contributed by atoms with Crippen LogP contribution >= 0.6 is 11.3 Å². The molecule has 1 atom stereocenters. The van der Waals surface area contributed by atoms with Gasteiger partial charge in [-0.15, -0.1) is 11.3 Å². The molecule has 0 saturated carbocycles. The summed E-state index contributed by atoms with van der Waals surface area (Å²) in [6.45, 7) is 1.94. The molecule has 0 radical (unpaired) electrons. The van der Waals surface area contributed by atoms with Gasteiger partial charge in [-0.2, -0.15) is 0 Å². The molecule has 30 heavy (non-hydrogen) atoms. The van der Waals surface area contributed by atoms with Gasteiger partial charge in [0.2, 0.25) is 0 Å². The third-order valence-electron chi connectivity index (χ3n) is 4.51. The molecule has 154 valence electrons. The number of para-hydroxylation sites is 2. The van der Waals surface area contributed by atoms with Crippen molar-refractivity contribution in [1.29, 1.82) is 0 Å². The number of amides is 1. The Morgan fingerprint density at radius 1 is 1.17 bits per heavy atom. The summed E-state index contributed by atoms with van der Waals surface area (Å²) in [5.41, 5.74) is 1.69. The van der Waals surface area contributed by atoms with Crippen LogP contribution in [-0.4, -0.2) is 42.7 Å². The first-order chi connectivity index (χ1) is 14.6. The van der Waals surface area contributed by atoms with Gasteiger partial charge in [-0.25, -0.2) is 4.79 Å². The minimum Gasteiger partial charge on any atom is -0.486 e. The molecule has 0 bridgehead atoms. The predicted molar refractivity (Wildman–Crippen MR) is 112 cm³/mol. The number of ether oxygens (including phenoxy) is 3. The lowest BCUT2D eigenvalue weighted by atomic mass is 10.2. The molecule has 0 saturated heterocycles. The van der Waals surface area contributed by atoms with Crippen LogP contribution in [0.25, 0.3) is 10.6 Å². The first kappa shape index (κ1) is 19.9. The topological polar surface area (TPSA) is 86.8 Å². The highest BCUT2D eigenvalue weighted by atomic mass is 32.1. The molecule has 1 unspecified atom stereocenters. The maximum absolute atomic E-state index is 12.3. The van der Waals surface area contributed by atoms with Crippen LogP contribution in [0.15, 0.2) is 53.9 Å². The summed E-state index contributed by atoms with van der Waals surface area (Å²) >= 11 is 1.58. The van der Waals surface area contributed by atoms with E-state index in [2.05, 4.69) is 10.3 Å². The standard InChI is InChI=1S/C22H20N2O5S/c1-14-16(8-9-17(24-14)20-7-4-10-30-20)22(26)28-13-21(25)23-11-15-12-27-18-5-2-3-6-19(18)29-15/h2-10,15H,11-13H2,1H3,(H,23,25). The number of hydrogen-bond acceptors (Lipinski definition) is 7. The molecule has 0 spiro atoms. The lowest BCUT2D eigenvalue weighted by Crippen LogP contribution is -2.42. The highest BCUT2D eigenvalue weighted by molar-refractivity contribution is 7.13. The van der Waals surface area contributed by atoms with Gasteiger partial charge in [0.15, 0.2) is 18.1 Å². The van der Waals surface area contributed by atoms with E-state index in [-0.39, 0.29) is 19.3 Å². The second-order valence-corrected chi connectivity index (χ2v) is 7.63. The number of carbonyl (C=O) groups is 2. The molecule has 1 aliphatic heterocycles. The molecule has 1 amide bonds. The summed E-state index contributed by atoms with van der Waals surface area (Å²) in [5, 5.41) is 4.67. The van der Waals surface area contributed by atoms with Crippen LogP contribution in [0, 0.1) is 6.92 Å². The molecule has 2 aromatic heterocycles. The number of fused-ring (bicyclic) bond motifs is 1. The lowest BCUT2D eigenvalue weighted by Gasteiger charge is -2.26. The lowest BCUT2D eigenvalue weighted by molar-refractivity contribution is -0.124. The van der Waals surface area contributed by atoms with Gasteiger partial charge in [-0.3, -0.25) is 9.78 Å². The van der Waals surface area contributed by atoms with Crippen LogP contribution in [-0.2, 0) is 9.53 Å². The quantitative estimate of drug-likeness (QED) is 0.612. The molecule has 1 aromatic carbocycles. The highest BCUT2D eigenvalue weighted by Gasteiger charge is 2.21. The van der Waals surface area contributed by atoms with Gasteiger partial charge in [0.1, 0.15) is 12.7 Å². The van der Waals surface area contributed by atoms with Crippen LogP contribution in [0.4, 0.5) is 0 Å². The minimum absolute atomic E-state index is 0.251. The Labute approximate surface area is 177 Å². The number of esters is 1. The molecular weight excluding hydrogens is 404 g/mol. The monoisotopic (exact) mass is 424 g/mol. The number of thiophene rings is 1. The van der Waals surface area contributed by atoms with Crippen molar-refractivity contribution < 1.29 is 23.8 Å². The van der Waals surface area contributed by atoms with E-state index in [0.717, 1.165) is 10.6 Å². The van der Waals surface area contributed by atoms with Crippen LogP contribution in [0.3, 0.4) is 0 Å². The van der Waals surface area contributed by atoms with Gasteiger partial charge in [0.25, 0.3) is 5.91 Å². The Hall–Kier alpha value is -3.39. The Bertz CT molecular complexity index is 1050. The largest absolute Gasteiger partial charge is 0.486 e. The molecule has 8 heteroatoms. The van der Waals surface area contributed by atoms with Crippen LogP contribution < -0.4 is 14.8 Å². The average Bonchev–Trinajstić information content (AvgIpc) is 3.31. The van der Waals surface area contributed by atoms with Crippen molar-refractivity contribution >= 4 is 23.2 Å². The minimum atomic E-state index is -0.584. The van der Waals surface area contributed by atoms with E-state index in [1.54, 1.807) is 30.4 Å². The number of hydrogen-bond donors (Lipinski definition) is 1. The molecule has 0 aliphatic carbocycles. The smallest absolute Gasteiger partial charge is 0.340 e. The Morgan fingerprint density at radius 3 is 2.77 bits per heavy atom. The number of carbonyl (C=O) groups excluding carboxylic acids is 2. The van der Waals surface area contributed by atoms with Crippen LogP contribution in [0.5, 0.6) is 11.5 Å². The van der Waals surface area contributed by atoms with E-state index >= 15 is 0 Å². The highest BCUT2D eigenvalue weighted by Crippen LogP contribution is 2.30. The molecule has 4 rings (SSSR count). The summed E-state index contributed by atoms with van der Waals surface area (Å²) in [6, 6.07) is 14.7. The van der Waals surface area contributed by atoms with Crippen LogP contribution in [0.1, 0.15) is 16.1 Å². The molecule has 1 aliphatic rings. The molecule has 3 heterocycles. The van der Waals surface area contributed by atoms with Crippen molar-refractivity contribution in [1.82, 2.24) is 10.3 Å². The zero-order chi connectivity index (χ0) is 20.9. The zero-order valence-electron chi connectivity index (χ0n) is 16.3. The van der Waals surface area contributed by atoms with Gasteiger partial charge in [-0.05, 0) is 42.6 Å². The number of pyridine rings is 1. The second-order valence-electron chi connectivity index (χ2n) is 6.68. The Morgan fingerprint density at radius 2 is 2.00 bits per heavy atom. The van der Waals surface area contributed by atoms with E-state index in [4.69, 9.17) is 14.2 Å². The normalized spacial score (nSPS) is 14.8. The fraction of sp³-hybridized carbons (Fsp3) is 0.227. The number of aryl methyl sites for hydroxylation is 1. The van der Waals surface area contributed by atoms with E-state index < -0.39 is 11.9 Å². The van der Waals surface area contributed by atoms with Crippen molar-refractivity contribution in [3.63, 3.8) is 0 Å². The maximum atomic E-state index is 12.3. The predicted octanol–water partition coefficient (Wildman–Crippen LogP) is 3.23. The fourth-order valence-electron chi connectivity index (χ4n) is 2.99. The molecular formula is C22H20N2O5S. The van der Waals surface area contributed by atoms with E-state index in [1.807, 2.05) is 41.8 Å². The average molecular weight is 424 g/mol. The SMILES string of the molecule is Cc1nc(-c2cccs2)ccc1C(=O)OCC(=O)NCC1COc2ccccc2O1. The third kappa shape index (κ3) is 4.60. The third-order valence-corrected chi connectivity index (χ3v) is 5.40. The maximum Gasteiger partial charge on any atom is 0.340 e. The van der Waals surface area contributed by atoms with Gasteiger partial charge >= 0.3 is 5.97 Å². The number of nitrogens with one attached hydrogen (secondary N) is 1. The number of rotatable bonds is 6. The van der Waals surface area contributed by atoms with Crippen molar-refractivity contribution in [3.8, 4) is 22.1 Å². The van der Waals surface area contributed by atoms with Gasteiger partial charge in [0, 0.05) is 0 Å². The Kier molecular flexibility index (Phi) is 5.94. The molecule has 3 aromatic rings. The summed E-state index contributed by atoms with van der Waals surface area (Å²) < 4.78 is 16.5. The summed E-state index contributed by atoms with van der Waals surface area (Å²) in [7, 11) is 0. The second kappa shape index (κ2) is 8.96. The fourth-order valence-corrected chi connectivity index (χ4v) is 3.68. The molecule has 0 fully saturated rings. The van der Waals surface area contributed by atoms with E-state index in [9.17, 15) is 9.59 Å². The van der Waals surface area contributed by atoms with E-state index in [1.165, 1.54) is 0 Å². The summed E-state index contributed by atoms with van der Waals surface area (Å²) in [4.78, 5) is 29.9. The number of benzene rings is 1. The van der Waals surface area contributed by atoms with Crippen molar-refractivity contribution in [2.75, 3.05) is 19.8 Å². The van der Waals surface area contributed by atoms with E-state index in [0.29, 0.717) is 29.4 Å². The summed E-state index contributed by atoms with van der Waals surface area (Å²) in [5.74, 6) is 0.331. The molecule has 7 nitrogen and oxygen atoms in total. The van der Waals surface area contributed by atoms with Crippen LogP contribution in [0.2, 0.25) is 0 Å².